The molecule has 0 aromatic heterocycles. The van der Waals surface area contributed by atoms with Gasteiger partial charge in [-0.3, -0.25) is 14.9 Å². The summed E-state index contributed by atoms with van der Waals surface area (Å²) < 4.78 is 15.4. The van der Waals surface area contributed by atoms with Crippen LogP contribution in [-0.2, 0) is 14.3 Å². The maximum atomic E-state index is 12.4. The summed E-state index contributed by atoms with van der Waals surface area (Å²) in [4.78, 5) is 35.1. The first-order chi connectivity index (χ1) is 13.8. The Balaban J connectivity index is 2.04. The number of hydrogen-bond acceptors (Lipinski definition) is 7. The largest absolute Gasteiger partial charge is 0.493 e. The van der Waals surface area contributed by atoms with Crippen molar-refractivity contribution in [2.45, 2.75) is 0 Å². The molecule has 0 aliphatic heterocycles. The van der Waals surface area contributed by atoms with Gasteiger partial charge in [0.2, 0.25) is 0 Å². The first-order valence-corrected chi connectivity index (χ1v) is 8.43. The van der Waals surface area contributed by atoms with Crippen LogP contribution < -0.4 is 14.4 Å². The fraction of sp³-hybridized carbons (Fsp3) is 0.200. The molecule has 0 aliphatic rings. The molecule has 2 rings (SSSR count). The van der Waals surface area contributed by atoms with E-state index in [0.29, 0.717) is 22.7 Å². The van der Waals surface area contributed by atoms with Gasteiger partial charge in [-0.2, -0.15) is 0 Å². The third-order valence-corrected chi connectivity index (χ3v) is 3.97. The van der Waals surface area contributed by atoms with Crippen LogP contribution in [0.4, 0.5) is 11.4 Å². The standard InChI is InChI=1S/C20H20N2O7/c1-21(15-6-8-16(9-7-15)22(25)26)19(23)13-29-17-10-4-14(12-18(17)27-2)5-11-20(24)28-3/h4-12H,13H2,1-3H3/b11-5+. The highest BCUT2D eigenvalue weighted by molar-refractivity contribution is 5.94. The lowest BCUT2D eigenvalue weighted by Gasteiger charge is -2.18. The molecule has 0 spiro atoms. The minimum Gasteiger partial charge on any atom is -0.493 e. The van der Waals surface area contributed by atoms with Crippen LogP contribution in [-0.4, -0.2) is 44.7 Å². The summed E-state index contributed by atoms with van der Waals surface area (Å²) in [6, 6.07) is 10.6. The van der Waals surface area contributed by atoms with Crippen molar-refractivity contribution in [3.8, 4) is 11.5 Å². The highest BCUT2D eigenvalue weighted by Gasteiger charge is 2.15. The Morgan fingerprint density at radius 2 is 1.79 bits per heavy atom. The van der Waals surface area contributed by atoms with Crippen LogP contribution in [0.5, 0.6) is 11.5 Å². The number of carbonyl (C=O) groups is 2. The van der Waals surface area contributed by atoms with E-state index < -0.39 is 10.9 Å². The van der Waals surface area contributed by atoms with Crippen molar-refractivity contribution in [1.82, 2.24) is 0 Å². The number of ether oxygens (including phenoxy) is 3. The van der Waals surface area contributed by atoms with Crippen molar-refractivity contribution < 1.29 is 28.7 Å². The number of benzene rings is 2. The molecule has 152 valence electrons. The lowest BCUT2D eigenvalue weighted by atomic mass is 10.2. The predicted octanol–water partition coefficient (Wildman–Crippen LogP) is 2.83. The number of nitro groups is 1. The molecule has 0 radical (unpaired) electrons. The number of nitrogens with zero attached hydrogens (tertiary/aromatic N) is 2. The van der Waals surface area contributed by atoms with E-state index in [1.165, 1.54) is 49.5 Å². The van der Waals surface area contributed by atoms with Crippen molar-refractivity contribution in [3.63, 3.8) is 0 Å². The molecule has 0 fully saturated rings. The van der Waals surface area contributed by atoms with E-state index in [4.69, 9.17) is 9.47 Å². The van der Waals surface area contributed by atoms with E-state index in [0.717, 1.165) is 0 Å². The Hall–Kier alpha value is -3.88. The number of likely N-dealkylation sites (N-methyl/N-ethyl adjacent to an activating group) is 1. The summed E-state index contributed by atoms with van der Waals surface area (Å²) in [6.45, 7) is -0.263. The first-order valence-electron chi connectivity index (χ1n) is 8.43. The molecule has 2 aromatic rings. The van der Waals surface area contributed by atoms with Crippen LogP contribution in [0.1, 0.15) is 5.56 Å². The average molecular weight is 400 g/mol. The number of amides is 1. The molecule has 0 aliphatic carbocycles. The van der Waals surface area contributed by atoms with Crippen LogP contribution in [0.25, 0.3) is 6.08 Å². The molecule has 0 saturated heterocycles. The van der Waals surface area contributed by atoms with Gasteiger partial charge in [0, 0.05) is 30.9 Å². The highest BCUT2D eigenvalue weighted by atomic mass is 16.6. The summed E-state index contributed by atoms with van der Waals surface area (Å²) in [5.74, 6) is -0.0873. The number of rotatable bonds is 8. The Bertz CT molecular complexity index is 923. The maximum Gasteiger partial charge on any atom is 0.330 e. The van der Waals surface area contributed by atoms with E-state index in [1.807, 2.05) is 0 Å². The van der Waals surface area contributed by atoms with Gasteiger partial charge < -0.3 is 19.1 Å². The third-order valence-electron chi connectivity index (χ3n) is 3.97. The van der Waals surface area contributed by atoms with Gasteiger partial charge in [0.25, 0.3) is 11.6 Å². The van der Waals surface area contributed by atoms with Gasteiger partial charge in [0.15, 0.2) is 18.1 Å². The van der Waals surface area contributed by atoms with Gasteiger partial charge in [0.05, 0.1) is 19.1 Å². The lowest BCUT2D eigenvalue weighted by molar-refractivity contribution is -0.384. The van der Waals surface area contributed by atoms with Crippen molar-refractivity contribution in [3.05, 3.63) is 64.2 Å². The van der Waals surface area contributed by atoms with Gasteiger partial charge >= 0.3 is 5.97 Å². The van der Waals surface area contributed by atoms with Gasteiger partial charge in [0.1, 0.15) is 0 Å². The molecule has 0 atom stereocenters. The number of esters is 1. The Labute approximate surface area is 167 Å². The summed E-state index contributed by atoms with van der Waals surface area (Å²) >= 11 is 0. The molecular formula is C20H20N2O7. The predicted molar refractivity (Wildman–Crippen MR) is 106 cm³/mol. The third kappa shape index (κ3) is 5.80. The van der Waals surface area contributed by atoms with Crippen molar-refractivity contribution >= 4 is 29.3 Å². The smallest absolute Gasteiger partial charge is 0.330 e. The average Bonchev–Trinajstić information content (AvgIpc) is 2.75. The first kappa shape index (κ1) is 21.4. The van der Waals surface area contributed by atoms with Crippen molar-refractivity contribution in [1.29, 1.82) is 0 Å². The number of non-ortho nitro benzene ring substituents is 1. The minimum absolute atomic E-state index is 0.0584. The van der Waals surface area contributed by atoms with Crippen molar-refractivity contribution in [2.75, 3.05) is 32.8 Å². The van der Waals surface area contributed by atoms with E-state index in [9.17, 15) is 19.7 Å². The fourth-order valence-electron chi connectivity index (χ4n) is 2.32. The molecule has 9 heteroatoms. The molecule has 0 bridgehead atoms. The van der Waals surface area contributed by atoms with E-state index in [-0.39, 0.29) is 18.2 Å². The molecular weight excluding hydrogens is 380 g/mol. The number of nitro benzene ring substituents is 1. The zero-order valence-corrected chi connectivity index (χ0v) is 16.2. The van der Waals surface area contributed by atoms with Gasteiger partial charge in [-0.15, -0.1) is 0 Å². The summed E-state index contributed by atoms with van der Waals surface area (Å²) in [7, 11) is 4.29. The van der Waals surface area contributed by atoms with Crippen LogP contribution in [0.15, 0.2) is 48.5 Å². The molecule has 0 unspecified atom stereocenters. The maximum absolute atomic E-state index is 12.4. The molecule has 29 heavy (non-hydrogen) atoms. The van der Waals surface area contributed by atoms with Crippen LogP contribution in [0, 0.1) is 10.1 Å². The molecule has 1 amide bonds. The molecule has 2 aromatic carbocycles. The van der Waals surface area contributed by atoms with E-state index >= 15 is 0 Å². The second kappa shape index (κ2) is 9.88. The van der Waals surface area contributed by atoms with Crippen molar-refractivity contribution in [2.24, 2.45) is 0 Å². The number of carbonyl (C=O) groups excluding carboxylic acids is 2. The van der Waals surface area contributed by atoms with Gasteiger partial charge in [-0.1, -0.05) is 6.07 Å². The molecule has 9 nitrogen and oxygen atoms in total. The van der Waals surface area contributed by atoms with Gasteiger partial charge in [-0.05, 0) is 35.9 Å². The van der Waals surface area contributed by atoms with Crippen LogP contribution in [0.2, 0.25) is 0 Å². The summed E-state index contributed by atoms with van der Waals surface area (Å²) in [6.07, 6.45) is 2.84. The minimum atomic E-state index is -0.509. The molecule has 0 N–H and O–H groups in total. The molecule has 0 saturated carbocycles. The number of anilines is 1. The Morgan fingerprint density at radius 3 is 2.38 bits per heavy atom. The van der Waals surface area contributed by atoms with E-state index in [2.05, 4.69) is 4.74 Å². The summed E-state index contributed by atoms with van der Waals surface area (Å²) in [5.41, 5.74) is 1.13. The van der Waals surface area contributed by atoms with E-state index in [1.54, 1.807) is 31.3 Å². The number of hydrogen-bond donors (Lipinski definition) is 0. The Morgan fingerprint density at radius 1 is 1.10 bits per heavy atom. The molecule has 0 heterocycles. The monoisotopic (exact) mass is 400 g/mol. The zero-order chi connectivity index (χ0) is 21.4. The van der Waals surface area contributed by atoms with Crippen LogP contribution in [0.3, 0.4) is 0 Å². The summed E-state index contributed by atoms with van der Waals surface area (Å²) in [5, 5.41) is 10.7. The fourth-order valence-corrected chi connectivity index (χ4v) is 2.32. The lowest BCUT2D eigenvalue weighted by Crippen LogP contribution is -2.31. The van der Waals surface area contributed by atoms with Gasteiger partial charge in [-0.25, -0.2) is 4.79 Å². The second-order valence-corrected chi connectivity index (χ2v) is 5.78. The highest BCUT2D eigenvalue weighted by Crippen LogP contribution is 2.29. The topological polar surface area (TPSA) is 108 Å². The SMILES string of the molecule is COC(=O)/C=C/c1ccc(OCC(=O)N(C)c2ccc([N+](=O)[O-])cc2)c(OC)c1. The number of methoxy groups -OCH3 is 2. The quantitative estimate of drug-likeness (QED) is 0.290. The second-order valence-electron chi connectivity index (χ2n) is 5.78. The normalized spacial score (nSPS) is 10.4. The van der Waals surface area contributed by atoms with Crippen LogP contribution >= 0.6 is 0 Å². The Kier molecular flexibility index (Phi) is 7.30. The zero-order valence-electron chi connectivity index (χ0n) is 16.2.